The van der Waals surface area contributed by atoms with E-state index in [1.807, 2.05) is 19.1 Å². The zero-order valence-corrected chi connectivity index (χ0v) is 14.9. The first-order chi connectivity index (χ1) is 13.5. The molecule has 0 aliphatic heterocycles. The molecule has 0 unspecified atom stereocenters. The van der Waals surface area contributed by atoms with Gasteiger partial charge in [0.1, 0.15) is 5.82 Å². The molecule has 1 saturated carbocycles. The molecule has 3 heterocycles. The number of hydrogen-bond acceptors (Lipinski definition) is 4. The summed E-state index contributed by atoms with van der Waals surface area (Å²) in [5, 5.41) is 4.43. The number of aromatic amines is 2. The van der Waals surface area contributed by atoms with E-state index in [1.165, 1.54) is 12.3 Å². The Bertz CT molecular complexity index is 1340. The highest BCUT2D eigenvalue weighted by Gasteiger charge is 2.42. The van der Waals surface area contributed by atoms with Crippen molar-refractivity contribution >= 4 is 5.65 Å². The second kappa shape index (κ2) is 5.98. The molecular weight excluding hydrogens is 361 g/mol. The second-order valence-electron chi connectivity index (χ2n) is 7.14. The fraction of sp³-hybridized carbons (Fsp3) is 0.200. The molecule has 28 heavy (non-hydrogen) atoms. The van der Waals surface area contributed by atoms with Crippen LogP contribution in [0.2, 0.25) is 0 Å². The van der Waals surface area contributed by atoms with Gasteiger partial charge in [-0.15, -0.1) is 0 Å². The first kappa shape index (κ1) is 16.6. The van der Waals surface area contributed by atoms with E-state index in [0.717, 1.165) is 17.5 Å². The lowest BCUT2D eigenvalue weighted by Gasteiger charge is -2.08. The zero-order chi connectivity index (χ0) is 19.4. The van der Waals surface area contributed by atoms with Gasteiger partial charge in [-0.1, -0.05) is 17.7 Å². The molecule has 2 atom stereocenters. The van der Waals surface area contributed by atoms with Gasteiger partial charge in [0.25, 0.3) is 5.56 Å². The number of nitrogens with zero attached hydrogens (tertiary/aromatic N) is 3. The lowest BCUT2D eigenvalue weighted by Crippen LogP contribution is -2.23. The zero-order valence-electron chi connectivity index (χ0n) is 14.9. The minimum atomic E-state index is -0.574. The van der Waals surface area contributed by atoms with E-state index in [9.17, 15) is 14.0 Å². The summed E-state index contributed by atoms with van der Waals surface area (Å²) in [6.07, 6.45) is 5.49. The highest BCUT2D eigenvalue weighted by Crippen LogP contribution is 2.56. The summed E-state index contributed by atoms with van der Waals surface area (Å²) in [6.45, 7) is 1.94. The number of rotatable bonds is 3. The third kappa shape index (κ3) is 2.65. The Morgan fingerprint density at radius 3 is 2.82 bits per heavy atom. The number of H-pyrrole nitrogens is 2. The van der Waals surface area contributed by atoms with Gasteiger partial charge in [-0.05, 0) is 42.9 Å². The Morgan fingerprint density at radius 1 is 1.18 bits per heavy atom. The molecule has 3 aromatic heterocycles. The van der Waals surface area contributed by atoms with Gasteiger partial charge in [0.15, 0.2) is 5.65 Å². The maximum absolute atomic E-state index is 14.3. The first-order valence-electron chi connectivity index (χ1n) is 8.94. The number of benzene rings is 1. The molecule has 1 aromatic carbocycles. The Kier molecular flexibility index (Phi) is 3.55. The molecule has 0 amide bonds. The van der Waals surface area contributed by atoms with Crippen molar-refractivity contribution in [3.63, 3.8) is 0 Å². The quantitative estimate of drug-likeness (QED) is 0.573. The maximum Gasteiger partial charge on any atom is 0.325 e. The minimum absolute atomic E-state index is 0.0597. The Morgan fingerprint density at radius 2 is 2.00 bits per heavy atom. The van der Waals surface area contributed by atoms with E-state index in [1.54, 1.807) is 23.0 Å². The SMILES string of the molecule is Cc1ccc(F)c([C@H]2C[C@@H]2c2cc(-c3c[nH]c(=O)[nH]c3=O)nn3ccnc23)c1. The largest absolute Gasteiger partial charge is 0.325 e. The lowest BCUT2D eigenvalue weighted by molar-refractivity contribution is 0.609. The summed E-state index contributed by atoms with van der Waals surface area (Å²) in [6, 6.07) is 6.96. The number of halogens is 1. The molecule has 4 aromatic rings. The van der Waals surface area contributed by atoms with E-state index in [2.05, 4.69) is 20.1 Å². The maximum atomic E-state index is 14.3. The summed E-state index contributed by atoms with van der Waals surface area (Å²) in [7, 11) is 0. The van der Waals surface area contributed by atoms with Crippen LogP contribution in [0.15, 0.2) is 52.4 Å². The molecule has 0 bridgehead atoms. The van der Waals surface area contributed by atoms with Crippen molar-refractivity contribution in [2.75, 3.05) is 0 Å². The smallest absolute Gasteiger partial charge is 0.313 e. The van der Waals surface area contributed by atoms with E-state index >= 15 is 0 Å². The number of aryl methyl sites for hydroxylation is 1. The fourth-order valence-electron chi connectivity index (χ4n) is 3.78. The monoisotopic (exact) mass is 377 g/mol. The average molecular weight is 377 g/mol. The fourth-order valence-corrected chi connectivity index (χ4v) is 3.78. The number of aromatic nitrogens is 5. The normalized spacial score (nSPS) is 18.5. The molecule has 2 N–H and O–H groups in total. The van der Waals surface area contributed by atoms with E-state index in [4.69, 9.17) is 0 Å². The van der Waals surface area contributed by atoms with Crippen molar-refractivity contribution in [1.82, 2.24) is 24.6 Å². The predicted molar refractivity (Wildman–Crippen MR) is 101 cm³/mol. The topological polar surface area (TPSA) is 95.9 Å². The first-order valence-corrected chi connectivity index (χ1v) is 8.94. The molecule has 5 rings (SSSR count). The minimum Gasteiger partial charge on any atom is -0.313 e. The molecule has 7 nitrogen and oxygen atoms in total. The van der Waals surface area contributed by atoms with Gasteiger partial charge in [-0.2, -0.15) is 5.10 Å². The lowest BCUT2D eigenvalue weighted by atomic mass is 10.0. The Hall–Kier alpha value is -3.55. The Balaban J connectivity index is 1.62. The highest BCUT2D eigenvalue weighted by atomic mass is 19.1. The van der Waals surface area contributed by atoms with E-state index in [-0.39, 0.29) is 23.2 Å². The standard InChI is InChI=1S/C20H16FN5O2/c1-10-2-3-16(21)13(6-10)11-7-12(11)14-8-17(25-26-5-4-22-18(14)26)15-9-23-20(28)24-19(15)27/h2-6,8-9,11-12H,7H2,1H3,(H2,23,24,27,28)/t11-,12-/m0/s1. The molecule has 8 heteroatoms. The van der Waals surface area contributed by atoms with Gasteiger partial charge in [0.05, 0.1) is 11.3 Å². The van der Waals surface area contributed by atoms with Crippen LogP contribution in [0.4, 0.5) is 4.39 Å². The molecule has 0 radical (unpaired) electrons. The van der Waals surface area contributed by atoms with Crippen LogP contribution in [0.1, 0.15) is 34.9 Å². The average Bonchev–Trinajstić information content (AvgIpc) is 3.31. The second-order valence-corrected chi connectivity index (χ2v) is 7.14. The number of imidazole rings is 1. The van der Waals surface area contributed by atoms with Crippen molar-refractivity contribution in [1.29, 1.82) is 0 Å². The van der Waals surface area contributed by atoms with Crippen molar-refractivity contribution in [3.05, 3.63) is 86.2 Å². The van der Waals surface area contributed by atoms with Crippen molar-refractivity contribution < 1.29 is 4.39 Å². The molecule has 140 valence electrons. The number of fused-ring (bicyclic) bond motifs is 1. The van der Waals surface area contributed by atoms with Crippen LogP contribution in [0.3, 0.4) is 0 Å². The molecule has 0 spiro atoms. The third-order valence-corrected chi connectivity index (χ3v) is 5.22. The van der Waals surface area contributed by atoms with Crippen LogP contribution in [0.5, 0.6) is 0 Å². The highest BCUT2D eigenvalue weighted by molar-refractivity contribution is 5.63. The summed E-state index contributed by atoms with van der Waals surface area (Å²) >= 11 is 0. The van der Waals surface area contributed by atoms with Crippen LogP contribution in [-0.2, 0) is 0 Å². The van der Waals surface area contributed by atoms with Crippen molar-refractivity contribution in [3.8, 4) is 11.3 Å². The van der Waals surface area contributed by atoms with Gasteiger partial charge < -0.3 is 4.98 Å². The molecule has 0 saturated heterocycles. The third-order valence-electron chi connectivity index (χ3n) is 5.22. The van der Waals surface area contributed by atoms with Gasteiger partial charge in [0, 0.05) is 24.2 Å². The number of hydrogen-bond donors (Lipinski definition) is 2. The van der Waals surface area contributed by atoms with Crippen LogP contribution in [-0.4, -0.2) is 24.6 Å². The summed E-state index contributed by atoms with van der Waals surface area (Å²) in [5.74, 6) is -0.0573. The van der Waals surface area contributed by atoms with Crippen LogP contribution < -0.4 is 11.2 Å². The van der Waals surface area contributed by atoms with Crippen LogP contribution in [0, 0.1) is 12.7 Å². The van der Waals surface area contributed by atoms with E-state index in [0.29, 0.717) is 16.9 Å². The van der Waals surface area contributed by atoms with E-state index < -0.39 is 11.2 Å². The van der Waals surface area contributed by atoms with Gasteiger partial charge in [0.2, 0.25) is 0 Å². The van der Waals surface area contributed by atoms with Crippen LogP contribution >= 0.6 is 0 Å². The molecule has 1 fully saturated rings. The van der Waals surface area contributed by atoms with Gasteiger partial charge in [-0.3, -0.25) is 9.78 Å². The predicted octanol–water partition coefficient (Wildman–Crippen LogP) is 2.49. The summed E-state index contributed by atoms with van der Waals surface area (Å²) in [5.41, 5.74) is 2.91. The number of nitrogens with one attached hydrogen (secondary N) is 2. The summed E-state index contributed by atoms with van der Waals surface area (Å²) in [4.78, 5) is 32.6. The van der Waals surface area contributed by atoms with Crippen molar-refractivity contribution in [2.45, 2.75) is 25.2 Å². The van der Waals surface area contributed by atoms with Crippen LogP contribution in [0.25, 0.3) is 16.9 Å². The van der Waals surface area contributed by atoms with Gasteiger partial charge >= 0.3 is 5.69 Å². The molecule has 1 aliphatic rings. The molecule has 1 aliphatic carbocycles. The van der Waals surface area contributed by atoms with Crippen molar-refractivity contribution in [2.24, 2.45) is 0 Å². The van der Waals surface area contributed by atoms with Gasteiger partial charge in [-0.25, -0.2) is 18.7 Å². The summed E-state index contributed by atoms with van der Waals surface area (Å²) < 4.78 is 15.9. The Labute approximate surface area is 157 Å². The molecular formula is C20H16FN5O2.